The summed E-state index contributed by atoms with van der Waals surface area (Å²) in [6, 6.07) is 4.10. The number of carbonyl (C=O) groups excluding carboxylic acids is 1. The molecule has 10 heteroatoms. The van der Waals surface area contributed by atoms with Crippen molar-refractivity contribution in [2.75, 3.05) is 26.6 Å². The molecule has 1 rings (SSSR count). The first kappa shape index (κ1) is 24.7. The van der Waals surface area contributed by atoms with Crippen molar-refractivity contribution < 1.29 is 23.9 Å². The van der Waals surface area contributed by atoms with E-state index in [1.807, 2.05) is 0 Å². The zero-order valence-electron chi connectivity index (χ0n) is 16.6. The Morgan fingerprint density at radius 3 is 2.54 bits per heavy atom. The predicted molar refractivity (Wildman–Crippen MR) is 112 cm³/mol. The van der Waals surface area contributed by atoms with Gasteiger partial charge in [0.1, 0.15) is 5.75 Å². The lowest BCUT2D eigenvalue weighted by atomic mass is 9.94. The van der Waals surface area contributed by atoms with Gasteiger partial charge in [-0.1, -0.05) is 42.8 Å². The van der Waals surface area contributed by atoms with Crippen molar-refractivity contribution in [2.24, 2.45) is 0 Å². The summed E-state index contributed by atoms with van der Waals surface area (Å²) in [7, 11) is -1.22. The summed E-state index contributed by atoms with van der Waals surface area (Å²) in [5.41, 5.74) is 0.313. The molecular formula is C18H27Cl2NO6Si. The van der Waals surface area contributed by atoms with E-state index < -0.39 is 31.4 Å². The Morgan fingerprint density at radius 1 is 1.29 bits per heavy atom. The van der Waals surface area contributed by atoms with E-state index in [0.29, 0.717) is 17.9 Å². The van der Waals surface area contributed by atoms with Crippen LogP contribution in [0.25, 0.3) is 0 Å². The number of carbonyl (C=O) groups is 1. The topological polar surface area (TPSA) is 87.9 Å². The first-order chi connectivity index (χ1) is 13.0. The third kappa shape index (κ3) is 8.77. The molecule has 0 aliphatic heterocycles. The van der Waals surface area contributed by atoms with Crippen LogP contribution in [0.15, 0.2) is 12.1 Å². The second-order valence-corrected chi connectivity index (χ2v) is 13.9. The van der Waals surface area contributed by atoms with E-state index in [9.17, 15) is 14.9 Å². The van der Waals surface area contributed by atoms with E-state index >= 15 is 0 Å². The summed E-state index contributed by atoms with van der Waals surface area (Å²) < 4.78 is 16.1. The second-order valence-electron chi connectivity index (χ2n) is 7.48. The first-order valence-corrected chi connectivity index (χ1v) is 13.5. The summed E-state index contributed by atoms with van der Waals surface area (Å²) in [6.45, 7) is 8.60. The molecule has 0 aromatic heterocycles. The van der Waals surface area contributed by atoms with Crippen LogP contribution < -0.4 is 4.74 Å². The lowest BCUT2D eigenvalue weighted by molar-refractivity contribution is -0.483. The molecule has 1 unspecified atom stereocenters. The maximum atomic E-state index is 11.9. The van der Waals surface area contributed by atoms with Gasteiger partial charge >= 0.3 is 5.97 Å². The molecule has 0 heterocycles. The van der Waals surface area contributed by atoms with Crippen molar-refractivity contribution in [3.8, 4) is 5.75 Å². The molecule has 0 saturated heterocycles. The van der Waals surface area contributed by atoms with E-state index in [1.165, 1.54) is 0 Å². The monoisotopic (exact) mass is 451 g/mol. The molecule has 1 atom stereocenters. The van der Waals surface area contributed by atoms with E-state index in [2.05, 4.69) is 19.6 Å². The number of ether oxygens (including phenoxy) is 3. The quantitative estimate of drug-likeness (QED) is 0.111. The summed E-state index contributed by atoms with van der Waals surface area (Å²) in [4.78, 5) is 22.6. The fourth-order valence-corrected chi connectivity index (χ4v) is 3.69. The molecule has 0 spiro atoms. The van der Waals surface area contributed by atoms with E-state index in [0.717, 1.165) is 6.04 Å². The Bertz CT molecular complexity index is 681. The van der Waals surface area contributed by atoms with Crippen LogP contribution in [0.2, 0.25) is 35.7 Å². The van der Waals surface area contributed by atoms with Gasteiger partial charge in [-0.25, -0.2) is 0 Å². The van der Waals surface area contributed by atoms with Crippen molar-refractivity contribution in [2.45, 2.75) is 44.9 Å². The van der Waals surface area contributed by atoms with Gasteiger partial charge in [0.25, 0.3) is 0 Å². The van der Waals surface area contributed by atoms with E-state index in [-0.39, 0.29) is 29.9 Å². The SMILES string of the molecule is CCOC(=O)CC(C[N+](=O)[O-])c1c(OCOCC[Si](C)(C)C)ccc(Cl)c1Cl. The van der Waals surface area contributed by atoms with E-state index in [4.69, 9.17) is 37.4 Å². The Labute approximate surface area is 176 Å². The minimum atomic E-state index is -1.22. The Kier molecular flexibility index (Phi) is 10.2. The van der Waals surface area contributed by atoms with Crippen molar-refractivity contribution >= 4 is 37.2 Å². The summed E-state index contributed by atoms with van der Waals surface area (Å²) in [6.07, 6.45) is -0.207. The van der Waals surface area contributed by atoms with Crippen LogP contribution in [0.1, 0.15) is 24.8 Å². The van der Waals surface area contributed by atoms with Crippen molar-refractivity contribution in [1.29, 1.82) is 0 Å². The lowest BCUT2D eigenvalue weighted by Crippen LogP contribution is -2.22. The van der Waals surface area contributed by atoms with Crippen molar-refractivity contribution in [3.05, 3.63) is 37.9 Å². The van der Waals surface area contributed by atoms with Gasteiger partial charge in [-0.05, 0) is 25.1 Å². The molecule has 7 nitrogen and oxygen atoms in total. The van der Waals surface area contributed by atoms with Gasteiger partial charge in [-0.2, -0.15) is 0 Å². The zero-order chi connectivity index (χ0) is 21.3. The number of halogens is 2. The molecule has 0 saturated carbocycles. The van der Waals surface area contributed by atoms with Gasteiger partial charge in [-0.15, -0.1) is 0 Å². The molecule has 0 N–H and O–H groups in total. The van der Waals surface area contributed by atoms with Crippen molar-refractivity contribution in [3.63, 3.8) is 0 Å². The highest BCUT2D eigenvalue weighted by Gasteiger charge is 2.29. The maximum absolute atomic E-state index is 11.9. The second kappa shape index (κ2) is 11.6. The third-order valence-electron chi connectivity index (χ3n) is 3.88. The van der Waals surface area contributed by atoms with Gasteiger partial charge in [0.15, 0.2) is 6.79 Å². The Hall–Kier alpha value is -1.35. The highest BCUT2D eigenvalue weighted by atomic mass is 35.5. The summed E-state index contributed by atoms with van der Waals surface area (Å²) in [5, 5.41) is 11.5. The first-order valence-electron chi connectivity index (χ1n) is 9.01. The molecule has 0 amide bonds. The predicted octanol–water partition coefficient (Wildman–Crippen LogP) is 5.00. The number of nitro groups is 1. The highest BCUT2D eigenvalue weighted by molar-refractivity contribution is 6.76. The number of esters is 1. The van der Waals surface area contributed by atoms with Crippen LogP contribution >= 0.6 is 23.2 Å². The van der Waals surface area contributed by atoms with Crippen LogP contribution in [0, 0.1) is 10.1 Å². The third-order valence-corrected chi connectivity index (χ3v) is 6.41. The van der Waals surface area contributed by atoms with Gasteiger partial charge in [0, 0.05) is 25.2 Å². The Balaban J connectivity index is 3.00. The fourth-order valence-electron chi connectivity index (χ4n) is 2.46. The molecule has 1 aromatic carbocycles. The molecule has 0 radical (unpaired) electrons. The van der Waals surface area contributed by atoms with Crippen LogP contribution in [0.5, 0.6) is 5.75 Å². The smallest absolute Gasteiger partial charge is 0.306 e. The largest absolute Gasteiger partial charge is 0.467 e. The lowest BCUT2D eigenvalue weighted by Gasteiger charge is -2.20. The molecule has 158 valence electrons. The van der Waals surface area contributed by atoms with Gasteiger partial charge < -0.3 is 14.2 Å². The molecule has 0 bridgehead atoms. The number of hydrogen-bond donors (Lipinski definition) is 0. The van der Waals surface area contributed by atoms with Gasteiger partial charge in [0.05, 0.1) is 29.0 Å². The molecule has 0 aliphatic rings. The average Bonchev–Trinajstić information content (AvgIpc) is 2.56. The van der Waals surface area contributed by atoms with E-state index in [1.54, 1.807) is 19.1 Å². The summed E-state index contributed by atoms with van der Waals surface area (Å²) >= 11 is 12.4. The molecule has 1 aromatic rings. The molecule has 28 heavy (non-hydrogen) atoms. The van der Waals surface area contributed by atoms with Crippen LogP contribution in [-0.4, -0.2) is 45.5 Å². The van der Waals surface area contributed by atoms with Gasteiger partial charge in [-0.3, -0.25) is 14.9 Å². The fraction of sp³-hybridized carbons (Fsp3) is 0.611. The number of nitrogens with zero attached hydrogens (tertiary/aromatic N) is 1. The maximum Gasteiger partial charge on any atom is 0.306 e. The zero-order valence-corrected chi connectivity index (χ0v) is 19.1. The average molecular weight is 452 g/mol. The van der Waals surface area contributed by atoms with Crippen LogP contribution in [0.4, 0.5) is 0 Å². The molecule has 0 aliphatic carbocycles. The van der Waals surface area contributed by atoms with Crippen LogP contribution in [-0.2, 0) is 14.3 Å². The minimum Gasteiger partial charge on any atom is -0.467 e. The summed E-state index contributed by atoms with van der Waals surface area (Å²) in [5.74, 6) is -1.08. The minimum absolute atomic E-state index is 0.0277. The van der Waals surface area contributed by atoms with Crippen LogP contribution in [0.3, 0.4) is 0 Å². The number of rotatable bonds is 12. The molecule has 0 fully saturated rings. The highest BCUT2D eigenvalue weighted by Crippen LogP contribution is 2.40. The standard InChI is InChI=1S/C18H27Cl2NO6Si/c1-5-26-16(22)10-13(11-21(23)24)17-15(7-6-14(19)18(17)20)27-12-25-8-9-28(2,3)4/h6-7,13H,5,8-12H2,1-4H3. The number of benzene rings is 1. The van der Waals surface area contributed by atoms with Crippen molar-refractivity contribution in [1.82, 2.24) is 0 Å². The number of hydrogen-bond acceptors (Lipinski definition) is 6. The normalized spacial score (nSPS) is 12.5. The Morgan fingerprint density at radius 2 is 1.96 bits per heavy atom. The molecular weight excluding hydrogens is 425 g/mol. The van der Waals surface area contributed by atoms with Gasteiger partial charge in [0.2, 0.25) is 6.54 Å².